The van der Waals surface area contributed by atoms with Crippen LogP contribution in [0.5, 0.6) is 0 Å². The number of hydrogen-bond donors (Lipinski definition) is 3. The molecule has 0 radical (unpaired) electrons. The Morgan fingerprint density at radius 2 is 1.95 bits per heavy atom. The molecule has 0 aliphatic heterocycles. The third-order valence-electron chi connectivity index (χ3n) is 4.15. The van der Waals surface area contributed by atoms with Crippen molar-refractivity contribution in [2.24, 2.45) is 17.1 Å². The Bertz CT molecular complexity index is 312. The molecule has 110 valence electrons. The van der Waals surface area contributed by atoms with Crippen molar-refractivity contribution in [1.82, 2.24) is 5.32 Å². The van der Waals surface area contributed by atoms with Crippen molar-refractivity contribution >= 4 is 11.9 Å². The molecule has 1 saturated carbocycles. The summed E-state index contributed by atoms with van der Waals surface area (Å²) in [7, 11) is 0. The van der Waals surface area contributed by atoms with Crippen LogP contribution in [0.3, 0.4) is 0 Å². The number of hydrogen-bond acceptors (Lipinski definition) is 3. The lowest BCUT2D eigenvalue weighted by molar-refractivity contribution is -0.151. The summed E-state index contributed by atoms with van der Waals surface area (Å²) in [6.07, 6.45) is 5.48. The third kappa shape index (κ3) is 4.82. The molecule has 1 amide bonds. The van der Waals surface area contributed by atoms with Crippen molar-refractivity contribution in [3.63, 3.8) is 0 Å². The summed E-state index contributed by atoms with van der Waals surface area (Å²) in [5, 5.41) is 12.2. The molecule has 0 spiro atoms. The topological polar surface area (TPSA) is 92.4 Å². The number of carbonyl (C=O) groups excluding carboxylic acids is 1. The predicted molar refractivity (Wildman–Crippen MR) is 73.6 cm³/mol. The van der Waals surface area contributed by atoms with Crippen molar-refractivity contribution in [3.8, 4) is 0 Å². The fourth-order valence-electron chi connectivity index (χ4n) is 2.55. The highest BCUT2D eigenvalue weighted by atomic mass is 16.4. The van der Waals surface area contributed by atoms with Crippen LogP contribution >= 0.6 is 0 Å². The van der Waals surface area contributed by atoms with Gasteiger partial charge in [0.2, 0.25) is 5.91 Å². The average Bonchev–Trinajstić information content (AvgIpc) is 2.43. The summed E-state index contributed by atoms with van der Waals surface area (Å²) in [6, 6.07) is 0. The van der Waals surface area contributed by atoms with Crippen LogP contribution in [0, 0.1) is 11.3 Å². The summed E-state index contributed by atoms with van der Waals surface area (Å²) in [6.45, 7) is 2.84. The molecular weight excluding hydrogens is 244 g/mol. The van der Waals surface area contributed by atoms with Gasteiger partial charge in [-0.25, -0.2) is 0 Å². The van der Waals surface area contributed by atoms with Gasteiger partial charge in [-0.05, 0) is 31.7 Å². The van der Waals surface area contributed by atoms with E-state index < -0.39 is 11.4 Å². The van der Waals surface area contributed by atoms with Crippen molar-refractivity contribution in [3.05, 3.63) is 0 Å². The molecule has 0 saturated heterocycles. The van der Waals surface area contributed by atoms with Gasteiger partial charge in [-0.3, -0.25) is 9.59 Å². The maximum absolute atomic E-state index is 11.7. The molecule has 19 heavy (non-hydrogen) atoms. The van der Waals surface area contributed by atoms with Crippen LogP contribution < -0.4 is 11.1 Å². The number of nitrogens with two attached hydrogens (primary N) is 1. The van der Waals surface area contributed by atoms with Gasteiger partial charge in [0.05, 0.1) is 5.41 Å². The Morgan fingerprint density at radius 3 is 2.47 bits per heavy atom. The van der Waals surface area contributed by atoms with Crippen LogP contribution in [0.15, 0.2) is 0 Å². The van der Waals surface area contributed by atoms with Gasteiger partial charge in [0.15, 0.2) is 0 Å². The number of carboxylic acid groups (broad SMARTS) is 1. The lowest BCUT2D eigenvalue weighted by Crippen LogP contribution is -2.44. The molecule has 5 nitrogen and oxygen atoms in total. The summed E-state index contributed by atoms with van der Waals surface area (Å²) >= 11 is 0. The van der Waals surface area contributed by atoms with Gasteiger partial charge >= 0.3 is 5.97 Å². The van der Waals surface area contributed by atoms with E-state index in [2.05, 4.69) is 5.32 Å². The zero-order valence-corrected chi connectivity index (χ0v) is 11.8. The minimum atomic E-state index is -0.775. The monoisotopic (exact) mass is 270 g/mol. The van der Waals surface area contributed by atoms with Crippen LogP contribution in [-0.2, 0) is 9.59 Å². The molecule has 1 unspecified atom stereocenters. The first-order valence-electron chi connectivity index (χ1n) is 7.20. The van der Waals surface area contributed by atoms with Gasteiger partial charge in [0.25, 0.3) is 0 Å². The van der Waals surface area contributed by atoms with E-state index in [4.69, 9.17) is 5.73 Å². The number of carboxylic acids is 1. The Labute approximate surface area is 114 Å². The Kier molecular flexibility index (Phi) is 6.28. The molecule has 0 aromatic heterocycles. The van der Waals surface area contributed by atoms with Gasteiger partial charge < -0.3 is 16.2 Å². The molecule has 5 heteroatoms. The van der Waals surface area contributed by atoms with Crippen LogP contribution in [0.1, 0.15) is 51.9 Å². The van der Waals surface area contributed by atoms with Crippen molar-refractivity contribution in [1.29, 1.82) is 0 Å². The number of amides is 1. The largest absolute Gasteiger partial charge is 0.481 e. The van der Waals surface area contributed by atoms with Crippen molar-refractivity contribution < 1.29 is 14.7 Å². The van der Waals surface area contributed by atoms with Crippen LogP contribution in [-0.4, -0.2) is 30.1 Å². The quantitative estimate of drug-likeness (QED) is 0.654. The van der Waals surface area contributed by atoms with E-state index in [0.717, 1.165) is 25.7 Å². The van der Waals surface area contributed by atoms with E-state index in [1.165, 1.54) is 0 Å². The minimum Gasteiger partial charge on any atom is -0.481 e. The van der Waals surface area contributed by atoms with Crippen LogP contribution in [0.4, 0.5) is 0 Å². The van der Waals surface area contributed by atoms with Gasteiger partial charge in [-0.15, -0.1) is 0 Å². The molecule has 0 heterocycles. The second kappa shape index (κ2) is 7.48. The highest BCUT2D eigenvalue weighted by Crippen LogP contribution is 2.36. The molecule has 0 bridgehead atoms. The molecular formula is C14H26N2O3. The Hall–Kier alpha value is -1.10. The number of rotatable bonds is 7. The highest BCUT2D eigenvalue weighted by Gasteiger charge is 2.39. The van der Waals surface area contributed by atoms with E-state index in [1.807, 2.05) is 6.92 Å². The van der Waals surface area contributed by atoms with Crippen molar-refractivity contribution in [2.45, 2.75) is 51.9 Å². The zero-order valence-electron chi connectivity index (χ0n) is 11.8. The van der Waals surface area contributed by atoms with Gasteiger partial charge in [-0.1, -0.05) is 26.2 Å². The van der Waals surface area contributed by atoms with E-state index >= 15 is 0 Å². The molecule has 0 aromatic carbocycles. The molecule has 1 fully saturated rings. The first-order chi connectivity index (χ1) is 9.00. The fourth-order valence-corrected chi connectivity index (χ4v) is 2.55. The summed E-state index contributed by atoms with van der Waals surface area (Å²) < 4.78 is 0. The Balaban J connectivity index is 2.39. The molecule has 4 N–H and O–H groups in total. The van der Waals surface area contributed by atoms with Crippen molar-refractivity contribution in [2.75, 3.05) is 13.1 Å². The van der Waals surface area contributed by atoms with E-state index in [-0.39, 0.29) is 12.5 Å². The second-order valence-corrected chi connectivity index (χ2v) is 5.80. The molecule has 1 aliphatic carbocycles. The zero-order chi connectivity index (χ0) is 14.3. The number of carbonyl (C=O) groups is 2. The normalized spacial score (nSPS) is 19.7. The molecule has 1 atom stereocenters. The molecule has 1 rings (SSSR count). The molecule has 0 aromatic rings. The lowest BCUT2D eigenvalue weighted by Gasteiger charge is -2.33. The predicted octanol–water partition coefficient (Wildman–Crippen LogP) is 1.51. The van der Waals surface area contributed by atoms with Gasteiger partial charge in [0.1, 0.15) is 0 Å². The minimum absolute atomic E-state index is 0.0634. The maximum Gasteiger partial charge on any atom is 0.311 e. The van der Waals surface area contributed by atoms with Gasteiger partial charge in [-0.2, -0.15) is 0 Å². The summed E-state index contributed by atoms with van der Waals surface area (Å²) in [4.78, 5) is 23.2. The maximum atomic E-state index is 11.7. The first-order valence-corrected chi connectivity index (χ1v) is 7.20. The number of nitrogens with one attached hydrogen (secondary N) is 1. The smallest absolute Gasteiger partial charge is 0.311 e. The highest BCUT2D eigenvalue weighted by molar-refractivity contribution is 5.79. The first kappa shape index (κ1) is 16.0. The van der Waals surface area contributed by atoms with E-state index in [0.29, 0.717) is 31.7 Å². The van der Waals surface area contributed by atoms with Crippen LogP contribution in [0.2, 0.25) is 0 Å². The second-order valence-electron chi connectivity index (χ2n) is 5.80. The average molecular weight is 270 g/mol. The van der Waals surface area contributed by atoms with Gasteiger partial charge in [0, 0.05) is 13.0 Å². The SMILES string of the molecule is CC(CN)CCC(=O)NCC1(C(=O)O)CCCCC1. The lowest BCUT2D eigenvalue weighted by atomic mass is 9.74. The van der Waals surface area contributed by atoms with Crippen LogP contribution in [0.25, 0.3) is 0 Å². The summed E-state index contributed by atoms with van der Waals surface area (Å²) in [5.41, 5.74) is 4.76. The molecule has 1 aliphatic rings. The van der Waals surface area contributed by atoms with E-state index in [1.54, 1.807) is 0 Å². The van der Waals surface area contributed by atoms with E-state index in [9.17, 15) is 14.7 Å². The fraction of sp³-hybridized carbons (Fsp3) is 0.857. The summed E-state index contributed by atoms with van der Waals surface area (Å²) in [5.74, 6) is -0.511. The number of aliphatic carboxylic acids is 1. The standard InChI is InChI=1S/C14H26N2O3/c1-11(9-15)5-6-12(17)16-10-14(13(18)19)7-3-2-4-8-14/h11H,2-10,15H2,1H3,(H,16,17)(H,18,19). The third-order valence-corrected chi connectivity index (χ3v) is 4.15. The Morgan fingerprint density at radius 1 is 1.32 bits per heavy atom.